The number of nitrogens with one attached hydrogen (secondary N) is 1. The molecule has 6 nitrogen and oxygen atoms in total. The molecule has 0 unspecified atom stereocenters. The first-order valence-electron chi connectivity index (χ1n) is 8.81. The number of hydrogen-bond donors (Lipinski definition) is 1. The van der Waals surface area contributed by atoms with Gasteiger partial charge in [-0.25, -0.2) is 0 Å². The lowest BCUT2D eigenvalue weighted by Crippen LogP contribution is -2.47. The first kappa shape index (κ1) is 17.5. The number of methoxy groups -OCH3 is 1. The predicted molar refractivity (Wildman–Crippen MR) is 91.7 cm³/mol. The smallest absolute Gasteiger partial charge is 0.311 e. The van der Waals surface area contributed by atoms with Crippen molar-refractivity contribution >= 4 is 17.8 Å². The zero-order valence-corrected chi connectivity index (χ0v) is 14.4. The third kappa shape index (κ3) is 3.83. The number of likely N-dealkylation sites (tertiary alicyclic amines) is 1. The van der Waals surface area contributed by atoms with Gasteiger partial charge in [-0.2, -0.15) is 0 Å². The Kier molecular flexibility index (Phi) is 5.36. The van der Waals surface area contributed by atoms with E-state index in [1.54, 1.807) is 4.90 Å². The van der Waals surface area contributed by atoms with Gasteiger partial charge in [0.15, 0.2) is 0 Å². The number of rotatable bonds is 3. The van der Waals surface area contributed by atoms with Crippen molar-refractivity contribution in [2.75, 3.05) is 20.2 Å². The lowest BCUT2D eigenvalue weighted by atomic mass is 9.89. The van der Waals surface area contributed by atoms with E-state index in [-0.39, 0.29) is 29.6 Å². The number of carbonyl (C=O) groups is 3. The van der Waals surface area contributed by atoms with Crippen LogP contribution in [0.4, 0.5) is 0 Å². The zero-order valence-electron chi connectivity index (χ0n) is 14.4. The second-order valence-electron chi connectivity index (χ2n) is 6.76. The normalized spacial score (nSPS) is 26.7. The van der Waals surface area contributed by atoms with Crippen LogP contribution in [0, 0.1) is 5.92 Å². The number of nitrogens with zero attached hydrogens (tertiary/aromatic N) is 1. The van der Waals surface area contributed by atoms with Crippen molar-refractivity contribution in [2.24, 2.45) is 5.92 Å². The summed E-state index contributed by atoms with van der Waals surface area (Å²) in [4.78, 5) is 38.6. The Morgan fingerprint density at radius 1 is 1.16 bits per heavy atom. The number of esters is 1. The number of benzene rings is 1. The molecule has 2 amide bonds. The maximum atomic E-state index is 12.9. The summed E-state index contributed by atoms with van der Waals surface area (Å²) >= 11 is 0. The number of ether oxygens (including phenoxy) is 1. The molecule has 0 spiro atoms. The molecule has 3 atom stereocenters. The molecule has 6 heteroatoms. The lowest BCUT2D eigenvalue weighted by Gasteiger charge is -2.23. The van der Waals surface area contributed by atoms with Crippen LogP contribution in [-0.2, 0) is 19.1 Å². The molecule has 1 aromatic carbocycles. The molecule has 0 aliphatic carbocycles. The maximum Gasteiger partial charge on any atom is 0.311 e. The maximum absolute atomic E-state index is 12.9. The summed E-state index contributed by atoms with van der Waals surface area (Å²) in [5, 5.41) is 2.82. The van der Waals surface area contributed by atoms with Crippen molar-refractivity contribution in [3.8, 4) is 0 Å². The van der Waals surface area contributed by atoms with Crippen LogP contribution in [0.1, 0.15) is 37.2 Å². The van der Waals surface area contributed by atoms with Crippen LogP contribution in [0.2, 0.25) is 0 Å². The van der Waals surface area contributed by atoms with Crippen molar-refractivity contribution in [1.82, 2.24) is 10.2 Å². The molecule has 0 saturated carbocycles. The Bertz CT molecular complexity index is 646. The van der Waals surface area contributed by atoms with Crippen LogP contribution < -0.4 is 5.32 Å². The minimum atomic E-state index is -0.483. The minimum absolute atomic E-state index is 0.0702. The SMILES string of the molecule is COC(=O)[C@@H]1CN(C(=O)[C@@H]2CCCCC(=O)N2)C[C@H]1c1ccccc1. The second kappa shape index (κ2) is 7.68. The molecule has 0 bridgehead atoms. The predicted octanol–water partition coefficient (Wildman–Crippen LogP) is 1.46. The summed E-state index contributed by atoms with van der Waals surface area (Å²) in [5.74, 6) is -0.923. The van der Waals surface area contributed by atoms with Crippen LogP contribution in [0.5, 0.6) is 0 Å². The summed E-state index contributed by atoms with van der Waals surface area (Å²) in [6.45, 7) is 0.798. The molecular weight excluding hydrogens is 320 g/mol. The van der Waals surface area contributed by atoms with E-state index in [0.29, 0.717) is 25.9 Å². The fourth-order valence-electron chi connectivity index (χ4n) is 3.79. The number of carbonyl (C=O) groups excluding carboxylic acids is 3. The van der Waals surface area contributed by atoms with E-state index in [4.69, 9.17) is 4.74 Å². The van der Waals surface area contributed by atoms with Gasteiger partial charge < -0.3 is 15.0 Å². The molecule has 1 aromatic rings. The molecule has 3 rings (SSSR count). The molecule has 25 heavy (non-hydrogen) atoms. The molecule has 2 aliphatic rings. The molecule has 1 N–H and O–H groups in total. The average molecular weight is 344 g/mol. The highest BCUT2D eigenvalue weighted by Crippen LogP contribution is 2.34. The molecule has 2 aliphatic heterocycles. The third-order valence-corrected chi connectivity index (χ3v) is 5.14. The first-order valence-corrected chi connectivity index (χ1v) is 8.81. The summed E-state index contributed by atoms with van der Waals surface area (Å²) in [6, 6.07) is 9.25. The Balaban J connectivity index is 1.77. The third-order valence-electron chi connectivity index (χ3n) is 5.14. The molecule has 2 saturated heterocycles. The van der Waals surface area contributed by atoms with Gasteiger partial charge in [-0.3, -0.25) is 14.4 Å². The van der Waals surface area contributed by atoms with Crippen LogP contribution >= 0.6 is 0 Å². The summed E-state index contributed by atoms with van der Waals surface area (Å²) in [7, 11) is 1.38. The van der Waals surface area contributed by atoms with Gasteiger partial charge in [0.2, 0.25) is 11.8 Å². The van der Waals surface area contributed by atoms with Crippen LogP contribution in [-0.4, -0.2) is 48.9 Å². The van der Waals surface area contributed by atoms with E-state index < -0.39 is 6.04 Å². The van der Waals surface area contributed by atoms with E-state index >= 15 is 0 Å². The van der Waals surface area contributed by atoms with E-state index in [1.165, 1.54) is 7.11 Å². The van der Waals surface area contributed by atoms with Crippen LogP contribution in [0.25, 0.3) is 0 Å². The monoisotopic (exact) mass is 344 g/mol. The van der Waals surface area contributed by atoms with Gasteiger partial charge >= 0.3 is 5.97 Å². The van der Waals surface area contributed by atoms with E-state index in [1.807, 2.05) is 30.3 Å². The Morgan fingerprint density at radius 2 is 1.92 bits per heavy atom. The Morgan fingerprint density at radius 3 is 2.64 bits per heavy atom. The van der Waals surface area contributed by atoms with Gasteiger partial charge in [-0.1, -0.05) is 36.8 Å². The van der Waals surface area contributed by atoms with Crippen LogP contribution in [0.15, 0.2) is 30.3 Å². The highest BCUT2D eigenvalue weighted by atomic mass is 16.5. The van der Waals surface area contributed by atoms with Gasteiger partial charge in [0, 0.05) is 25.4 Å². The highest BCUT2D eigenvalue weighted by Gasteiger charge is 2.42. The topological polar surface area (TPSA) is 75.7 Å². The minimum Gasteiger partial charge on any atom is -0.469 e. The van der Waals surface area contributed by atoms with E-state index in [0.717, 1.165) is 18.4 Å². The van der Waals surface area contributed by atoms with E-state index in [9.17, 15) is 14.4 Å². The van der Waals surface area contributed by atoms with Crippen molar-refractivity contribution in [2.45, 2.75) is 37.6 Å². The second-order valence-corrected chi connectivity index (χ2v) is 6.76. The van der Waals surface area contributed by atoms with Crippen molar-refractivity contribution < 1.29 is 19.1 Å². The van der Waals surface area contributed by atoms with Gasteiger partial charge in [-0.15, -0.1) is 0 Å². The van der Waals surface area contributed by atoms with Crippen molar-refractivity contribution in [3.05, 3.63) is 35.9 Å². The molecule has 2 heterocycles. The molecule has 2 fully saturated rings. The number of hydrogen-bond acceptors (Lipinski definition) is 4. The van der Waals surface area contributed by atoms with Gasteiger partial charge in [0.1, 0.15) is 6.04 Å². The van der Waals surface area contributed by atoms with Gasteiger partial charge in [0.25, 0.3) is 0 Å². The fourth-order valence-corrected chi connectivity index (χ4v) is 3.79. The zero-order chi connectivity index (χ0) is 17.8. The number of amides is 2. The van der Waals surface area contributed by atoms with Gasteiger partial charge in [0.05, 0.1) is 13.0 Å². The lowest BCUT2D eigenvalue weighted by molar-refractivity contribution is -0.145. The summed E-state index contributed by atoms with van der Waals surface area (Å²) < 4.78 is 4.95. The Labute approximate surface area is 147 Å². The van der Waals surface area contributed by atoms with Crippen molar-refractivity contribution in [1.29, 1.82) is 0 Å². The molecular formula is C19H24N2O4. The molecule has 0 aromatic heterocycles. The highest BCUT2D eigenvalue weighted by molar-refractivity contribution is 5.89. The summed E-state index contributed by atoms with van der Waals surface area (Å²) in [6.07, 6.45) is 2.79. The Hall–Kier alpha value is -2.37. The fraction of sp³-hybridized carbons (Fsp3) is 0.526. The largest absolute Gasteiger partial charge is 0.469 e. The van der Waals surface area contributed by atoms with E-state index in [2.05, 4.69) is 5.32 Å². The summed E-state index contributed by atoms with van der Waals surface area (Å²) in [5.41, 5.74) is 1.03. The van der Waals surface area contributed by atoms with Crippen molar-refractivity contribution in [3.63, 3.8) is 0 Å². The van der Waals surface area contributed by atoms with Crippen LogP contribution in [0.3, 0.4) is 0 Å². The average Bonchev–Trinajstić information content (AvgIpc) is 2.97. The van der Waals surface area contributed by atoms with Gasteiger partial charge in [-0.05, 0) is 18.4 Å². The standard InChI is InChI=1S/C19H24N2O4/c1-25-19(24)15-12-21(11-14(15)13-7-3-2-4-8-13)18(23)16-9-5-6-10-17(22)20-16/h2-4,7-8,14-16H,5-6,9-12H2,1H3,(H,20,22)/t14-,15+,16-/m0/s1. The quantitative estimate of drug-likeness (QED) is 0.843. The molecule has 0 radical (unpaired) electrons. The molecule has 134 valence electrons. The first-order chi connectivity index (χ1) is 12.1.